The van der Waals surface area contributed by atoms with Crippen molar-refractivity contribution in [1.29, 1.82) is 0 Å². The van der Waals surface area contributed by atoms with E-state index in [0.29, 0.717) is 19.7 Å². The van der Waals surface area contributed by atoms with Gasteiger partial charge in [0.15, 0.2) is 0 Å². The molecule has 2 heterocycles. The van der Waals surface area contributed by atoms with Gasteiger partial charge in [-0.3, -0.25) is 4.90 Å². The van der Waals surface area contributed by atoms with Gasteiger partial charge >= 0.3 is 6.09 Å². The number of carbonyl (C=O) groups excluding carboxylic acids is 1. The van der Waals surface area contributed by atoms with Crippen molar-refractivity contribution >= 4 is 28.8 Å². The maximum Gasteiger partial charge on any atom is 0.410 e. The fourth-order valence-electron chi connectivity index (χ4n) is 2.84. The highest BCUT2D eigenvalue weighted by atomic mass is 32.1. The van der Waals surface area contributed by atoms with E-state index in [1.165, 1.54) is 5.56 Å². The number of hydrogen-bond donors (Lipinski definition) is 0. The summed E-state index contributed by atoms with van der Waals surface area (Å²) in [6, 6.07) is 16.0. The van der Waals surface area contributed by atoms with E-state index in [0.717, 1.165) is 22.0 Å². The molecule has 0 N–H and O–H groups in total. The van der Waals surface area contributed by atoms with Crippen molar-refractivity contribution in [1.82, 2.24) is 9.80 Å². The van der Waals surface area contributed by atoms with Crippen molar-refractivity contribution in [3.63, 3.8) is 0 Å². The monoisotopic (exact) mass is 430 g/mol. The summed E-state index contributed by atoms with van der Waals surface area (Å²) in [5.41, 5.74) is 1.18. The van der Waals surface area contributed by atoms with Crippen LogP contribution in [0.4, 0.5) is 4.79 Å². The van der Waals surface area contributed by atoms with Gasteiger partial charge in [-0.1, -0.05) is 24.3 Å². The van der Waals surface area contributed by atoms with Crippen LogP contribution < -0.4 is 4.74 Å². The lowest BCUT2D eigenvalue weighted by Gasteiger charge is -2.21. The Bertz CT molecular complexity index is 828. The van der Waals surface area contributed by atoms with Crippen LogP contribution in [-0.4, -0.2) is 43.2 Å². The second-order valence-electron chi connectivity index (χ2n) is 6.86. The summed E-state index contributed by atoms with van der Waals surface area (Å²) in [5.74, 6) is 0.787. The second kappa shape index (κ2) is 11.0. The van der Waals surface area contributed by atoms with Gasteiger partial charge in [0, 0.05) is 16.3 Å². The first-order chi connectivity index (χ1) is 14.1. The number of nitrogens with zero attached hydrogens (tertiary/aromatic N) is 2. The van der Waals surface area contributed by atoms with Gasteiger partial charge in [0.25, 0.3) is 0 Å². The summed E-state index contributed by atoms with van der Waals surface area (Å²) < 4.78 is 11.2. The van der Waals surface area contributed by atoms with E-state index in [-0.39, 0.29) is 12.7 Å². The smallest absolute Gasteiger partial charge is 0.410 e. The Labute approximate surface area is 180 Å². The van der Waals surface area contributed by atoms with Crippen LogP contribution in [0, 0.1) is 0 Å². The summed E-state index contributed by atoms with van der Waals surface area (Å²) in [7, 11) is 4.07. The lowest BCUT2D eigenvalue weighted by atomic mass is 10.2. The third-order valence-corrected chi connectivity index (χ3v) is 5.81. The largest absolute Gasteiger partial charge is 0.490 e. The number of ether oxygens (including phenoxy) is 2. The second-order valence-corrected chi connectivity index (χ2v) is 8.93. The molecular formula is C22H26N2O3S2. The van der Waals surface area contributed by atoms with Gasteiger partial charge in [-0.25, -0.2) is 4.79 Å². The summed E-state index contributed by atoms with van der Waals surface area (Å²) in [4.78, 5) is 18.7. The molecule has 154 valence electrons. The van der Waals surface area contributed by atoms with Crippen molar-refractivity contribution in [2.75, 3.05) is 27.3 Å². The Morgan fingerprint density at radius 3 is 2.17 bits per heavy atom. The highest BCUT2D eigenvalue weighted by molar-refractivity contribution is 7.10. The van der Waals surface area contributed by atoms with Crippen LogP contribution in [0.15, 0.2) is 59.3 Å². The zero-order valence-electron chi connectivity index (χ0n) is 16.7. The lowest BCUT2D eigenvalue weighted by Crippen LogP contribution is -2.31. The van der Waals surface area contributed by atoms with Gasteiger partial charge in [-0.15, -0.1) is 22.7 Å². The third kappa shape index (κ3) is 7.20. The molecule has 0 fully saturated rings. The number of carbonyl (C=O) groups is 1. The van der Waals surface area contributed by atoms with Crippen molar-refractivity contribution in [2.45, 2.75) is 19.6 Å². The Morgan fingerprint density at radius 1 is 0.897 bits per heavy atom. The molecule has 1 amide bonds. The summed E-state index contributed by atoms with van der Waals surface area (Å²) in [5, 5.41) is 4.03. The summed E-state index contributed by atoms with van der Waals surface area (Å²) in [6.45, 7) is 2.47. The quantitative estimate of drug-likeness (QED) is 0.420. The molecule has 0 radical (unpaired) electrons. The number of benzene rings is 1. The van der Waals surface area contributed by atoms with E-state index in [9.17, 15) is 4.79 Å². The van der Waals surface area contributed by atoms with E-state index < -0.39 is 0 Å². The fourth-order valence-corrected chi connectivity index (χ4v) is 4.28. The van der Waals surface area contributed by atoms with Crippen LogP contribution in [0.25, 0.3) is 0 Å². The van der Waals surface area contributed by atoms with Gasteiger partial charge in [0.05, 0.1) is 13.1 Å². The van der Waals surface area contributed by atoms with Crippen LogP contribution in [0.3, 0.4) is 0 Å². The first-order valence-corrected chi connectivity index (χ1v) is 11.2. The number of rotatable bonds is 10. The van der Waals surface area contributed by atoms with Gasteiger partial charge in [0.1, 0.15) is 19.0 Å². The third-order valence-electron chi connectivity index (χ3n) is 4.09. The van der Waals surface area contributed by atoms with Gasteiger partial charge in [0.2, 0.25) is 0 Å². The lowest BCUT2D eigenvalue weighted by molar-refractivity contribution is 0.0842. The zero-order valence-corrected chi connectivity index (χ0v) is 18.4. The van der Waals surface area contributed by atoms with Gasteiger partial charge in [-0.2, -0.15) is 0 Å². The molecule has 0 aliphatic heterocycles. The van der Waals surface area contributed by atoms with Crippen molar-refractivity contribution in [3.05, 3.63) is 74.6 Å². The molecule has 0 bridgehead atoms. The number of thiophene rings is 2. The predicted octanol–water partition coefficient (Wildman–Crippen LogP) is 5.09. The molecule has 29 heavy (non-hydrogen) atoms. The maximum atomic E-state index is 12.6. The van der Waals surface area contributed by atoms with Crippen molar-refractivity contribution < 1.29 is 14.3 Å². The van der Waals surface area contributed by atoms with Gasteiger partial charge < -0.3 is 14.4 Å². The minimum Gasteiger partial charge on any atom is -0.490 e. The molecule has 0 unspecified atom stereocenters. The van der Waals surface area contributed by atoms with Crippen LogP contribution in [0.1, 0.15) is 15.3 Å². The maximum absolute atomic E-state index is 12.6. The van der Waals surface area contributed by atoms with Crippen LogP contribution >= 0.6 is 22.7 Å². The molecular weight excluding hydrogens is 404 g/mol. The van der Waals surface area contributed by atoms with Crippen LogP contribution in [0.2, 0.25) is 0 Å². The van der Waals surface area contributed by atoms with E-state index in [4.69, 9.17) is 9.47 Å². The van der Waals surface area contributed by atoms with Crippen LogP contribution in [0.5, 0.6) is 5.75 Å². The molecule has 7 heteroatoms. The minimum atomic E-state index is -0.322. The molecule has 0 aliphatic rings. The normalized spacial score (nSPS) is 10.9. The zero-order chi connectivity index (χ0) is 20.5. The molecule has 1 aromatic carbocycles. The molecule has 0 saturated carbocycles. The fraction of sp³-hybridized carbons (Fsp3) is 0.318. The van der Waals surface area contributed by atoms with E-state index in [2.05, 4.69) is 11.0 Å². The number of hydrogen-bond acceptors (Lipinski definition) is 6. The summed E-state index contributed by atoms with van der Waals surface area (Å²) >= 11 is 3.28. The first-order valence-electron chi connectivity index (χ1n) is 9.43. The predicted molar refractivity (Wildman–Crippen MR) is 119 cm³/mol. The van der Waals surface area contributed by atoms with E-state index in [1.54, 1.807) is 27.6 Å². The minimum absolute atomic E-state index is 0.210. The molecule has 2 aromatic heterocycles. The summed E-state index contributed by atoms with van der Waals surface area (Å²) in [6.07, 6.45) is -0.322. The molecule has 0 atom stereocenters. The number of amides is 1. The Morgan fingerprint density at radius 2 is 1.59 bits per heavy atom. The molecule has 5 nitrogen and oxygen atoms in total. The molecule has 0 aliphatic carbocycles. The average molecular weight is 431 g/mol. The van der Waals surface area contributed by atoms with Crippen LogP contribution in [-0.2, 0) is 24.4 Å². The Hall–Kier alpha value is -2.35. The molecule has 3 aromatic rings. The van der Waals surface area contributed by atoms with Crippen molar-refractivity contribution in [3.8, 4) is 5.75 Å². The average Bonchev–Trinajstić information content (AvgIpc) is 3.38. The standard InChI is InChI=1S/C22H26N2O3S2/c1-23(2)15-18-6-3-7-19(14-18)26-10-11-27-22(25)24(16-20-8-4-12-28-20)17-21-9-5-13-29-21/h3-9,12-14H,10-11,15-17H2,1-2H3. The highest BCUT2D eigenvalue weighted by Gasteiger charge is 2.17. The van der Waals surface area contributed by atoms with Crippen molar-refractivity contribution in [2.24, 2.45) is 0 Å². The van der Waals surface area contributed by atoms with Gasteiger partial charge in [-0.05, 0) is 54.7 Å². The SMILES string of the molecule is CN(C)Cc1cccc(OCCOC(=O)N(Cc2cccs2)Cc2cccs2)c1. The van der Waals surface area contributed by atoms with E-state index >= 15 is 0 Å². The molecule has 0 spiro atoms. The highest BCUT2D eigenvalue weighted by Crippen LogP contribution is 2.18. The first kappa shape index (κ1) is 21.4. The molecule has 3 rings (SSSR count). The van der Waals surface area contributed by atoms with E-state index in [1.807, 2.05) is 67.3 Å². The molecule has 0 saturated heterocycles. The Balaban J connectivity index is 1.49. The Kier molecular flexibility index (Phi) is 8.10. The topological polar surface area (TPSA) is 42.0 Å².